The lowest BCUT2D eigenvalue weighted by molar-refractivity contribution is 0.103. The molecular weight excluding hydrogens is 304 g/mol. The molecule has 2 aromatic carbocycles. The van der Waals surface area contributed by atoms with Crippen LogP contribution in [0.15, 0.2) is 40.9 Å². The summed E-state index contributed by atoms with van der Waals surface area (Å²) in [6.45, 7) is 0. The molecule has 0 aliphatic carbocycles. The van der Waals surface area contributed by atoms with Crippen LogP contribution in [0.1, 0.15) is 15.9 Å². The average molecular weight is 312 g/mol. The number of rotatable bonds is 2. The zero-order chi connectivity index (χ0) is 13.3. The Labute approximate surface area is 111 Å². The Morgan fingerprint density at radius 3 is 2.50 bits per heavy atom. The van der Waals surface area contributed by atoms with E-state index in [1.54, 1.807) is 6.07 Å². The van der Waals surface area contributed by atoms with Gasteiger partial charge in [-0.1, -0.05) is 22.0 Å². The number of halogens is 3. The van der Waals surface area contributed by atoms with Crippen LogP contribution in [0.4, 0.5) is 14.5 Å². The predicted octanol–water partition coefficient (Wildman–Crippen LogP) is 3.54. The molecule has 2 nitrogen and oxygen atoms in total. The molecule has 2 rings (SSSR count). The van der Waals surface area contributed by atoms with E-state index in [9.17, 15) is 13.6 Å². The van der Waals surface area contributed by atoms with Crippen molar-refractivity contribution in [3.63, 3.8) is 0 Å². The van der Waals surface area contributed by atoms with Crippen molar-refractivity contribution >= 4 is 27.4 Å². The quantitative estimate of drug-likeness (QED) is 0.681. The summed E-state index contributed by atoms with van der Waals surface area (Å²) < 4.78 is 27.3. The number of carbonyl (C=O) groups is 1. The van der Waals surface area contributed by atoms with E-state index < -0.39 is 17.4 Å². The van der Waals surface area contributed by atoms with Crippen molar-refractivity contribution in [1.82, 2.24) is 0 Å². The molecule has 92 valence electrons. The van der Waals surface area contributed by atoms with Crippen molar-refractivity contribution in [2.45, 2.75) is 0 Å². The summed E-state index contributed by atoms with van der Waals surface area (Å²) in [6, 6.07) is 8.07. The van der Waals surface area contributed by atoms with Gasteiger partial charge in [0.05, 0.1) is 5.56 Å². The van der Waals surface area contributed by atoms with Gasteiger partial charge in [0.2, 0.25) is 0 Å². The number of hydrogen-bond acceptors (Lipinski definition) is 2. The van der Waals surface area contributed by atoms with Gasteiger partial charge in [-0.3, -0.25) is 4.79 Å². The Morgan fingerprint density at radius 1 is 1.11 bits per heavy atom. The van der Waals surface area contributed by atoms with Crippen molar-refractivity contribution in [2.24, 2.45) is 0 Å². The third-order valence-electron chi connectivity index (χ3n) is 2.45. The molecule has 0 atom stereocenters. The Bertz CT molecular complexity index is 628. The van der Waals surface area contributed by atoms with Crippen LogP contribution >= 0.6 is 15.9 Å². The van der Waals surface area contributed by atoms with E-state index in [0.29, 0.717) is 4.47 Å². The maximum absolute atomic E-state index is 13.5. The van der Waals surface area contributed by atoms with Gasteiger partial charge in [0.15, 0.2) is 17.4 Å². The van der Waals surface area contributed by atoms with E-state index in [1.165, 1.54) is 24.3 Å². The fourth-order valence-electron chi connectivity index (χ4n) is 1.56. The van der Waals surface area contributed by atoms with Crippen molar-refractivity contribution < 1.29 is 13.6 Å². The number of nitrogens with two attached hydrogens (primary N) is 1. The van der Waals surface area contributed by atoms with Crippen molar-refractivity contribution in [3.8, 4) is 0 Å². The Kier molecular flexibility index (Phi) is 3.43. The highest BCUT2D eigenvalue weighted by Crippen LogP contribution is 2.23. The number of benzene rings is 2. The summed E-state index contributed by atoms with van der Waals surface area (Å²) in [7, 11) is 0. The summed E-state index contributed by atoms with van der Waals surface area (Å²) in [5.41, 5.74) is 5.70. The van der Waals surface area contributed by atoms with Crippen molar-refractivity contribution in [2.75, 3.05) is 5.73 Å². The summed E-state index contributed by atoms with van der Waals surface area (Å²) in [5.74, 6) is -2.86. The molecule has 0 heterocycles. The Hall–Kier alpha value is -1.75. The zero-order valence-corrected chi connectivity index (χ0v) is 10.7. The van der Waals surface area contributed by atoms with Gasteiger partial charge < -0.3 is 5.73 Å². The summed E-state index contributed by atoms with van der Waals surface area (Å²) in [5, 5.41) is 0. The van der Waals surface area contributed by atoms with E-state index in [0.717, 1.165) is 6.07 Å². The molecule has 0 aromatic heterocycles. The first-order valence-corrected chi connectivity index (χ1v) is 5.83. The van der Waals surface area contributed by atoms with Crippen LogP contribution in [0, 0.1) is 11.6 Å². The maximum atomic E-state index is 13.5. The second-order valence-electron chi connectivity index (χ2n) is 3.66. The van der Waals surface area contributed by atoms with Gasteiger partial charge >= 0.3 is 0 Å². The SMILES string of the molecule is Nc1cc(Br)ccc1C(=O)c1cccc(F)c1F. The fourth-order valence-corrected chi connectivity index (χ4v) is 1.94. The van der Waals surface area contributed by atoms with E-state index >= 15 is 0 Å². The molecule has 0 amide bonds. The highest BCUT2D eigenvalue weighted by atomic mass is 79.9. The Balaban J connectivity index is 2.51. The van der Waals surface area contributed by atoms with Crippen LogP contribution in [0.5, 0.6) is 0 Å². The second kappa shape index (κ2) is 4.86. The predicted molar refractivity (Wildman–Crippen MR) is 68.3 cm³/mol. The van der Waals surface area contributed by atoms with Crippen LogP contribution in [-0.2, 0) is 0 Å². The molecule has 0 bridgehead atoms. The van der Waals surface area contributed by atoms with Gasteiger partial charge in [-0.05, 0) is 30.3 Å². The first-order chi connectivity index (χ1) is 8.50. The summed E-state index contributed by atoms with van der Waals surface area (Å²) in [6.07, 6.45) is 0. The van der Waals surface area contributed by atoms with Crippen LogP contribution in [0.3, 0.4) is 0 Å². The molecule has 0 aliphatic heterocycles. The first-order valence-electron chi connectivity index (χ1n) is 5.04. The van der Waals surface area contributed by atoms with E-state index in [1.807, 2.05) is 0 Å². The van der Waals surface area contributed by atoms with Gasteiger partial charge in [0.1, 0.15) is 0 Å². The molecule has 0 fully saturated rings. The monoisotopic (exact) mass is 311 g/mol. The molecule has 0 saturated carbocycles. The number of hydrogen-bond donors (Lipinski definition) is 1. The largest absolute Gasteiger partial charge is 0.398 e. The molecular formula is C13H8BrF2NO. The molecule has 18 heavy (non-hydrogen) atoms. The number of anilines is 1. The third-order valence-corrected chi connectivity index (χ3v) is 2.95. The molecule has 2 aromatic rings. The van der Waals surface area contributed by atoms with E-state index in [-0.39, 0.29) is 16.8 Å². The number of ketones is 1. The van der Waals surface area contributed by atoms with Gasteiger partial charge in [-0.15, -0.1) is 0 Å². The van der Waals surface area contributed by atoms with Crippen LogP contribution in [0.25, 0.3) is 0 Å². The second-order valence-corrected chi connectivity index (χ2v) is 4.58. The minimum Gasteiger partial charge on any atom is -0.398 e. The highest BCUT2D eigenvalue weighted by Gasteiger charge is 2.18. The van der Waals surface area contributed by atoms with Crippen molar-refractivity contribution in [3.05, 3.63) is 63.6 Å². The summed E-state index contributed by atoms with van der Waals surface area (Å²) >= 11 is 3.20. The first kappa shape index (κ1) is 12.7. The van der Waals surface area contributed by atoms with E-state index in [4.69, 9.17) is 5.73 Å². The lowest BCUT2D eigenvalue weighted by atomic mass is 10.0. The van der Waals surface area contributed by atoms with Crippen LogP contribution < -0.4 is 5.73 Å². The molecule has 0 aliphatic rings. The minimum atomic E-state index is -1.16. The Morgan fingerprint density at radius 2 is 1.83 bits per heavy atom. The lowest BCUT2D eigenvalue weighted by Gasteiger charge is -2.06. The van der Waals surface area contributed by atoms with Crippen LogP contribution in [-0.4, -0.2) is 5.78 Å². The van der Waals surface area contributed by atoms with Crippen molar-refractivity contribution in [1.29, 1.82) is 0 Å². The van der Waals surface area contributed by atoms with Gasteiger partial charge in [-0.25, -0.2) is 8.78 Å². The standard InChI is InChI=1S/C13H8BrF2NO/c14-7-4-5-8(11(17)6-7)13(18)9-2-1-3-10(15)12(9)16/h1-6H,17H2. The average Bonchev–Trinajstić information content (AvgIpc) is 2.32. The number of nitrogen functional groups attached to an aromatic ring is 1. The van der Waals surface area contributed by atoms with Gasteiger partial charge in [0, 0.05) is 15.7 Å². The van der Waals surface area contributed by atoms with Gasteiger partial charge in [-0.2, -0.15) is 0 Å². The summed E-state index contributed by atoms with van der Waals surface area (Å²) in [4.78, 5) is 12.0. The van der Waals surface area contributed by atoms with Gasteiger partial charge in [0.25, 0.3) is 0 Å². The molecule has 5 heteroatoms. The topological polar surface area (TPSA) is 43.1 Å². The highest BCUT2D eigenvalue weighted by molar-refractivity contribution is 9.10. The molecule has 0 saturated heterocycles. The third kappa shape index (κ3) is 2.26. The normalized spacial score (nSPS) is 10.4. The van der Waals surface area contributed by atoms with Crippen LogP contribution in [0.2, 0.25) is 0 Å². The maximum Gasteiger partial charge on any atom is 0.198 e. The molecule has 0 spiro atoms. The fraction of sp³-hybridized carbons (Fsp3) is 0. The number of carbonyl (C=O) groups excluding carboxylic acids is 1. The molecule has 0 unspecified atom stereocenters. The van der Waals surface area contributed by atoms with E-state index in [2.05, 4.69) is 15.9 Å². The lowest BCUT2D eigenvalue weighted by Crippen LogP contribution is -2.08. The molecule has 2 N–H and O–H groups in total. The smallest absolute Gasteiger partial charge is 0.198 e. The molecule has 0 radical (unpaired) electrons. The minimum absolute atomic E-state index is 0.141. The zero-order valence-electron chi connectivity index (χ0n) is 9.08.